The summed E-state index contributed by atoms with van der Waals surface area (Å²) in [6, 6.07) is 24.6. The van der Waals surface area contributed by atoms with E-state index in [9.17, 15) is 18.0 Å². The molecule has 38 heavy (non-hydrogen) atoms. The molecule has 0 fully saturated rings. The lowest BCUT2D eigenvalue weighted by Gasteiger charge is -2.14. The molecule has 2 N–H and O–H groups in total. The van der Waals surface area contributed by atoms with Crippen molar-refractivity contribution in [2.45, 2.75) is 37.6 Å². The zero-order valence-corrected chi connectivity index (χ0v) is 21.8. The number of aromatic nitrogens is 2. The molecule has 0 radical (unpaired) electrons. The van der Waals surface area contributed by atoms with E-state index >= 15 is 0 Å². The number of amides is 2. The number of nitrogens with one attached hydrogen (secondary N) is 2. The summed E-state index contributed by atoms with van der Waals surface area (Å²) < 4.78 is 41.6. The summed E-state index contributed by atoms with van der Waals surface area (Å²) >= 11 is 1.66. The van der Waals surface area contributed by atoms with Gasteiger partial charge in [0.15, 0.2) is 5.16 Å². The van der Waals surface area contributed by atoms with Crippen molar-refractivity contribution in [2.75, 3.05) is 17.6 Å². The Morgan fingerprint density at radius 2 is 1.53 bits per heavy atom. The Morgan fingerprint density at radius 1 is 0.895 bits per heavy atom. The van der Waals surface area contributed by atoms with Crippen LogP contribution in [0.4, 0.5) is 23.7 Å². The highest BCUT2D eigenvalue weighted by atomic mass is 32.2. The van der Waals surface area contributed by atoms with Crippen molar-refractivity contribution in [3.05, 3.63) is 90.5 Å². The fourth-order valence-corrected chi connectivity index (χ4v) is 5.18. The number of imidazole rings is 1. The van der Waals surface area contributed by atoms with Crippen molar-refractivity contribution in [2.24, 2.45) is 0 Å². The Bertz CT molecular complexity index is 1340. The van der Waals surface area contributed by atoms with Gasteiger partial charge in [0.1, 0.15) is 0 Å². The van der Waals surface area contributed by atoms with E-state index in [1.807, 2.05) is 36.4 Å². The lowest BCUT2D eigenvalue weighted by molar-refractivity contribution is -0.136. The van der Waals surface area contributed by atoms with Crippen LogP contribution >= 0.6 is 11.8 Å². The number of halogens is 3. The minimum atomic E-state index is -4.54. The highest BCUT2D eigenvalue weighted by molar-refractivity contribution is 7.99. The van der Waals surface area contributed by atoms with Crippen LogP contribution in [0.15, 0.2) is 90.1 Å². The van der Waals surface area contributed by atoms with Crippen molar-refractivity contribution in [1.82, 2.24) is 14.9 Å². The molecular formula is C29H29F3N4OS. The second-order valence-corrected chi connectivity index (χ2v) is 9.61. The van der Waals surface area contributed by atoms with Crippen molar-refractivity contribution in [1.29, 1.82) is 0 Å². The van der Waals surface area contributed by atoms with Crippen molar-refractivity contribution >= 4 is 23.5 Å². The number of urea groups is 1. The summed E-state index contributed by atoms with van der Waals surface area (Å²) in [6.07, 6.45) is -3.04. The maximum absolute atomic E-state index is 13.1. The molecule has 4 rings (SSSR count). The molecule has 0 atom stereocenters. The van der Waals surface area contributed by atoms with Gasteiger partial charge in [0.25, 0.3) is 0 Å². The van der Waals surface area contributed by atoms with Gasteiger partial charge in [0, 0.05) is 30.0 Å². The normalized spacial score (nSPS) is 11.4. The topological polar surface area (TPSA) is 59.0 Å². The summed E-state index contributed by atoms with van der Waals surface area (Å²) in [4.78, 5) is 17.1. The third kappa shape index (κ3) is 6.77. The van der Waals surface area contributed by atoms with Gasteiger partial charge >= 0.3 is 12.2 Å². The molecule has 198 valence electrons. The highest BCUT2D eigenvalue weighted by Crippen LogP contribution is 2.36. The molecule has 0 saturated carbocycles. The molecule has 9 heteroatoms. The fraction of sp³-hybridized carbons (Fsp3) is 0.241. The zero-order chi connectivity index (χ0) is 27.0. The minimum Gasteiger partial charge on any atom is -0.338 e. The number of alkyl halides is 3. The third-order valence-corrected chi connectivity index (χ3v) is 6.97. The highest BCUT2D eigenvalue weighted by Gasteiger charge is 2.33. The maximum Gasteiger partial charge on any atom is 0.418 e. The average Bonchev–Trinajstić information content (AvgIpc) is 3.30. The van der Waals surface area contributed by atoms with Gasteiger partial charge < -0.3 is 15.2 Å². The first-order valence-corrected chi connectivity index (χ1v) is 13.4. The molecule has 0 saturated heterocycles. The summed E-state index contributed by atoms with van der Waals surface area (Å²) in [7, 11) is 0. The molecule has 2 amide bonds. The van der Waals surface area contributed by atoms with E-state index in [4.69, 9.17) is 4.98 Å². The van der Waals surface area contributed by atoms with Crippen LogP contribution in [0.1, 0.15) is 25.3 Å². The molecule has 4 aromatic rings. The number of carbonyl (C=O) groups excluding carboxylic acids is 1. The number of benzene rings is 3. The van der Waals surface area contributed by atoms with Gasteiger partial charge in [-0.15, -0.1) is 0 Å². The van der Waals surface area contributed by atoms with Crippen molar-refractivity contribution < 1.29 is 18.0 Å². The Labute approximate surface area is 224 Å². The van der Waals surface area contributed by atoms with Crippen LogP contribution in [0.2, 0.25) is 0 Å². The van der Waals surface area contributed by atoms with Gasteiger partial charge in [0.2, 0.25) is 0 Å². The second-order valence-electron chi connectivity index (χ2n) is 8.55. The van der Waals surface area contributed by atoms with E-state index < -0.39 is 17.8 Å². The molecule has 0 aliphatic heterocycles. The van der Waals surface area contributed by atoms with E-state index in [0.29, 0.717) is 13.0 Å². The van der Waals surface area contributed by atoms with E-state index in [0.717, 1.165) is 52.5 Å². The molecule has 0 bridgehead atoms. The SMILES string of the molecule is CCn1c(SCCCCNC(=O)Nc2ccccc2C(F)(F)F)nc(-c2ccccc2)c1-c1ccccc1. The van der Waals surface area contributed by atoms with Crippen molar-refractivity contribution in [3.8, 4) is 22.5 Å². The zero-order valence-electron chi connectivity index (χ0n) is 21.0. The van der Waals surface area contributed by atoms with Gasteiger partial charge in [-0.3, -0.25) is 0 Å². The van der Waals surface area contributed by atoms with Crippen LogP contribution in [0.5, 0.6) is 0 Å². The van der Waals surface area contributed by atoms with Gasteiger partial charge in [-0.25, -0.2) is 9.78 Å². The molecule has 5 nitrogen and oxygen atoms in total. The largest absolute Gasteiger partial charge is 0.418 e. The van der Waals surface area contributed by atoms with Crippen LogP contribution in [0.3, 0.4) is 0 Å². The first-order chi connectivity index (χ1) is 18.4. The predicted octanol–water partition coefficient (Wildman–Crippen LogP) is 7.95. The number of hydrogen-bond donors (Lipinski definition) is 2. The number of carbonyl (C=O) groups is 1. The van der Waals surface area contributed by atoms with Crippen molar-refractivity contribution in [3.63, 3.8) is 0 Å². The maximum atomic E-state index is 13.1. The number of hydrogen-bond acceptors (Lipinski definition) is 3. The fourth-order valence-electron chi connectivity index (χ4n) is 4.12. The summed E-state index contributed by atoms with van der Waals surface area (Å²) in [5.41, 5.74) is 3.06. The molecular weight excluding hydrogens is 509 g/mol. The quantitative estimate of drug-likeness (QED) is 0.159. The Morgan fingerprint density at radius 3 is 2.18 bits per heavy atom. The standard InChI is InChI=1S/C29H29F3N4OS/c1-2-36-26(22-15-7-4-8-16-22)25(21-13-5-3-6-14-21)35-28(36)38-20-12-11-19-33-27(37)34-24-18-10-9-17-23(24)29(30,31)32/h3-10,13-18H,2,11-12,19-20H2,1H3,(H2,33,34,37). The molecule has 1 aromatic heterocycles. The van der Waals surface area contributed by atoms with Crippen LogP contribution in [0, 0.1) is 0 Å². The van der Waals surface area contributed by atoms with Gasteiger partial charge in [-0.05, 0) is 31.9 Å². The van der Waals surface area contributed by atoms with Crippen LogP contribution in [-0.2, 0) is 12.7 Å². The lowest BCUT2D eigenvalue weighted by Crippen LogP contribution is -2.30. The number of para-hydroxylation sites is 1. The van der Waals surface area contributed by atoms with Crippen LogP contribution in [-0.4, -0.2) is 27.9 Å². The minimum absolute atomic E-state index is 0.261. The lowest BCUT2D eigenvalue weighted by atomic mass is 10.0. The summed E-state index contributed by atoms with van der Waals surface area (Å²) in [5.74, 6) is 0.791. The van der Waals surface area contributed by atoms with Crippen LogP contribution in [0.25, 0.3) is 22.5 Å². The van der Waals surface area contributed by atoms with E-state index in [1.54, 1.807) is 11.8 Å². The van der Waals surface area contributed by atoms with E-state index in [1.165, 1.54) is 18.2 Å². The Kier molecular flexibility index (Phi) is 9.12. The van der Waals surface area contributed by atoms with Gasteiger partial charge in [-0.2, -0.15) is 13.2 Å². The molecule has 0 unspecified atom stereocenters. The first kappa shape index (κ1) is 27.3. The third-order valence-electron chi connectivity index (χ3n) is 5.91. The molecule has 1 heterocycles. The first-order valence-electron chi connectivity index (χ1n) is 12.4. The predicted molar refractivity (Wildman–Crippen MR) is 147 cm³/mol. The molecule has 0 spiro atoms. The van der Waals surface area contributed by atoms with Crippen LogP contribution < -0.4 is 10.6 Å². The number of nitrogens with zero attached hydrogens (tertiary/aromatic N) is 2. The number of anilines is 1. The Balaban J connectivity index is 1.34. The van der Waals surface area contributed by atoms with E-state index in [2.05, 4.69) is 46.4 Å². The number of thioether (sulfide) groups is 1. The van der Waals surface area contributed by atoms with Gasteiger partial charge in [-0.1, -0.05) is 84.6 Å². The monoisotopic (exact) mass is 538 g/mol. The number of unbranched alkanes of at least 4 members (excludes halogenated alkanes) is 1. The Hall–Kier alpha value is -3.72. The molecule has 0 aliphatic carbocycles. The molecule has 0 aliphatic rings. The summed E-state index contributed by atoms with van der Waals surface area (Å²) in [6.45, 7) is 3.23. The second kappa shape index (κ2) is 12.7. The number of rotatable bonds is 10. The van der Waals surface area contributed by atoms with E-state index in [-0.39, 0.29) is 5.69 Å². The summed E-state index contributed by atoms with van der Waals surface area (Å²) in [5, 5.41) is 5.87. The molecule has 3 aromatic carbocycles. The van der Waals surface area contributed by atoms with Gasteiger partial charge in [0.05, 0.1) is 22.6 Å². The smallest absolute Gasteiger partial charge is 0.338 e. The average molecular weight is 539 g/mol.